The zero-order valence-corrected chi connectivity index (χ0v) is 13.5. The van der Waals surface area contributed by atoms with E-state index in [9.17, 15) is 8.42 Å². The Morgan fingerprint density at radius 2 is 1.74 bits per heavy atom. The van der Waals surface area contributed by atoms with Gasteiger partial charge in [0.2, 0.25) is 10.0 Å². The molecule has 5 nitrogen and oxygen atoms in total. The fourth-order valence-corrected chi connectivity index (χ4v) is 2.89. The van der Waals surface area contributed by atoms with Gasteiger partial charge in [-0.2, -0.15) is 5.26 Å². The van der Waals surface area contributed by atoms with Crippen LogP contribution in [-0.4, -0.2) is 33.3 Å². The maximum Gasteiger partial charge on any atom is 0.209 e. The fourth-order valence-electron chi connectivity index (χ4n) is 1.81. The van der Waals surface area contributed by atoms with Crippen LogP contribution in [0.15, 0.2) is 0 Å². The van der Waals surface area contributed by atoms with Crippen LogP contribution in [0.1, 0.15) is 47.0 Å². The highest BCUT2D eigenvalue weighted by atomic mass is 32.2. The Balaban J connectivity index is 3.79. The lowest BCUT2D eigenvalue weighted by Gasteiger charge is -2.25. The third-order valence-corrected chi connectivity index (χ3v) is 3.66. The van der Waals surface area contributed by atoms with E-state index in [0.717, 1.165) is 25.8 Å². The second kappa shape index (κ2) is 7.22. The molecule has 0 aromatic carbocycles. The normalized spacial score (nSPS) is 13.3. The van der Waals surface area contributed by atoms with Gasteiger partial charge in [0.15, 0.2) is 0 Å². The Labute approximate surface area is 117 Å². The predicted molar refractivity (Wildman–Crippen MR) is 78.2 cm³/mol. The summed E-state index contributed by atoms with van der Waals surface area (Å²) in [6.07, 6.45) is 4.03. The average molecular weight is 289 g/mol. The highest BCUT2D eigenvalue weighted by Crippen LogP contribution is 2.21. The molecule has 0 heterocycles. The molecule has 0 aromatic heterocycles. The molecule has 0 radical (unpaired) electrons. The Kier molecular flexibility index (Phi) is 6.98. The van der Waals surface area contributed by atoms with Gasteiger partial charge in [-0.1, -0.05) is 6.42 Å². The number of rotatable bonds is 9. The molecule has 0 aliphatic carbocycles. The van der Waals surface area contributed by atoms with Gasteiger partial charge >= 0.3 is 0 Å². The number of nitriles is 1. The van der Waals surface area contributed by atoms with Crippen molar-refractivity contribution in [3.05, 3.63) is 0 Å². The number of hydrogen-bond donors (Lipinski definition) is 2. The Hall–Kier alpha value is -0.640. The van der Waals surface area contributed by atoms with Gasteiger partial charge in [0.25, 0.3) is 0 Å². The van der Waals surface area contributed by atoms with Gasteiger partial charge < -0.3 is 5.32 Å². The van der Waals surface area contributed by atoms with Crippen LogP contribution >= 0.6 is 0 Å². The molecule has 0 saturated carbocycles. The van der Waals surface area contributed by atoms with Crippen LogP contribution in [0.5, 0.6) is 0 Å². The molecule has 0 aliphatic rings. The first kappa shape index (κ1) is 18.4. The Bertz CT molecular complexity index is 408. The van der Waals surface area contributed by atoms with E-state index in [1.54, 1.807) is 0 Å². The molecule has 6 heteroatoms. The second-order valence-electron chi connectivity index (χ2n) is 6.39. The van der Waals surface area contributed by atoms with Gasteiger partial charge in [-0.3, -0.25) is 0 Å². The van der Waals surface area contributed by atoms with Crippen molar-refractivity contribution in [2.75, 3.05) is 19.3 Å². The molecule has 0 aliphatic heterocycles. The third-order valence-electron chi connectivity index (χ3n) is 2.74. The lowest BCUT2D eigenvalue weighted by molar-refractivity contribution is 0.399. The number of nitrogens with zero attached hydrogens (tertiary/aromatic N) is 1. The summed E-state index contributed by atoms with van der Waals surface area (Å²) < 4.78 is 24.9. The van der Waals surface area contributed by atoms with Crippen molar-refractivity contribution in [1.82, 2.24) is 10.0 Å². The maximum absolute atomic E-state index is 11.2. The maximum atomic E-state index is 11.2. The van der Waals surface area contributed by atoms with Crippen molar-refractivity contribution in [1.29, 1.82) is 5.26 Å². The molecule has 0 atom stereocenters. The average Bonchev–Trinajstić information content (AvgIpc) is 2.19. The van der Waals surface area contributed by atoms with Gasteiger partial charge in [0.1, 0.15) is 0 Å². The molecule has 0 rings (SSSR count). The highest BCUT2D eigenvalue weighted by molar-refractivity contribution is 7.88. The molecule has 0 amide bonds. The molecule has 0 aromatic rings. The number of unbranched alkanes of at least 4 members (excludes halogenated alkanes) is 1. The van der Waals surface area contributed by atoms with Crippen molar-refractivity contribution >= 4 is 10.0 Å². The van der Waals surface area contributed by atoms with Crippen LogP contribution in [0.25, 0.3) is 0 Å². The topological polar surface area (TPSA) is 82.0 Å². The summed E-state index contributed by atoms with van der Waals surface area (Å²) >= 11 is 0. The quantitative estimate of drug-likeness (QED) is 0.632. The molecule has 19 heavy (non-hydrogen) atoms. The Morgan fingerprint density at radius 1 is 1.16 bits per heavy atom. The zero-order chi connectivity index (χ0) is 15.2. The highest BCUT2D eigenvalue weighted by Gasteiger charge is 2.21. The minimum atomic E-state index is -3.18. The summed E-state index contributed by atoms with van der Waals surface area (Å²) in [5.41, 5.74) is -0.739. The van der Waals surface area contributed by atoms with Crippen LogP contribution in [0.3, 0.4) is 0 Å². The summed E-state index contributed by atoms with van der Waals surface area (Å²) in [5, 5.41) is 12.1. The van der Waals surface area contributed by atoms with Crippen LogP contribution in [-0.2, 0) is 10.0 Å². The van der Waals surface area contributed by atoms with E-state index in [-0.39, 0.29) is 5.41 Å². The largest absolute Gasteiger partial charge is 0.315 e. The van der Waals surface area contributed by atoms with Crippen LogP contribution in [0.4, 0.5) is 0 Å². The van der Waals surface area contributed by atoms with Crippen molar-refractivity contribution < 1.29 is 8.42 Å². The van der Waals surface area contributed by atoms with Gasteiger partial charge in [-0.25, -0.2) is 13.1 Å². The second-order valence-corrected chi connectivity index (χ2v) is 8.14. The molecule has 0 fully saturated rings. The molecule has 2 N–H and O–H groups in total. The number of nitrogens with one attached hydrogen (secondary N) is 2. The van der Waals surface area contributed by atoms with E-state index in [4.69, 9.17) is 5.26 Å². The zero-order valence-electron chi connectivity index (χ0n) is 12.7. The summed E-state index contributed by atoms with van der Waals surface area (Å²) in [4.78, 5) is 0. The summed E-state index contributed by atoms with van der Waals surface area (Å²) in [6.45, 7) is 9.00. The van der Waals surface area contributed by atoms with Crippen molar-refractivity contribution in [3.8, 4) is 6.07 Å². The summed E-state index contributed by atoms with van der Waals surface area (Å²) in [6, 6.07) is 2.29. The molecule has 112 valence electrons. The van der Waals surface area contributed by atoms with E-state index < -0.39 is 15.6 Å². The van der Waals surface area contributed by atoms with E-state index in [1.165, 1.54) is 6.26 Å². The van der Waals surface area contributed by atoms with Crippen molar-refractivity contribution in [3.63, 3.8) is 0 Å². The molecule has 0 unspecified atom stereocenters. The van der Waals surface area contributed by atoms with E-state index in [0.29, 0.717) is 6.54 Å². The lowest BCUT2D eigenvalue weighted by atomic mass is 9.89. The smallest absolute Gasteiger partial charge is 0.209 e. The van der Waals surface area contributed by atoms with E-state index in [1.807, 2.05) is 27.7 Å². The lowest BCUT2D eigenvalue weighted by Crippen LogP contribution is -2.50. The third kappa shape index (κ3) is 10.9. The van der Waals surface area contributed by atoms with Gasteiger partial charge in [0, 0.05) is 12.1 Å². The monoisotopic (exact) mass is 289 g/mol. The molecule has 0 bridgehead atoms. The van der Waals surface area contributed by atoms with Crippen molar-refractivity contribution in [2.24, 2.45) is 5.41 Å². The molecule has 0 spiro atoms. The molecule has 0 saturated heterocycles. The predicted octanol–water partition coefficient (Wildman–Crippen LogP) is 1.62. The van der Waals surface area contributed by atoms with Crippen LogP contribution < -0.4 is 10.0 Å². The number of hydrogen-bond acceptors (Lipinski definition) is 4. The van der Waals surface area contributed by atoms with Gasteiger partial charge in [-0.05, 0) is 47.1 Å². The van der Waals surface area contributed by atoms with E-state index in [2.05, 4.69) is 16.1 Å². The standard InChI is InChI=1S/C13H27N3O2S/c1-12(2,10-14)8-6-7-9-15-11-13(3,4)16-19(5,17)18/h15-16H,6-9,11H2,1-5H3. The molecular formula is C13H27N3O2S. The van der Waals surface area contributed by atoms with Gasteiger partial charge in [0.05, 0.1) is 17.7 Å². The fraction of sp³-hybridized carbons (Fsp3) is 0.923. The van der Waals surface area contributed by atoms with Crippen molar-refractivity contribution in [2.45, 2.75) is 52.5 Å². The van der Waals surface area contributed by atoms with Crippen LogP contribution in [0, 0.1) is 16.7 Å². The minimum absolute atomic E-state index is 0.253. The summed E-state index contributed by atoms with van der Waals surface area (Å²) in [7, 11) is -3.18. The molecular weight excluding hydrogens is 262 g/mol. The Morgan fingerprint density at radius 3 is 2.21 bits per heavy atom. The van der Waals surface area contributed by atoms with E-state index >= 15 is 0 Å². The SMILES string of the molecule is CC(C)(C#N)CCCCNCC(C)(C)NS(C)(=O)=O. The first-order valence-electron chi connectivity index (χ1n) is 6.58. The van der Waals surface area contributed by atoms with Gasteiger partial charge in [-0.15, -0.1) is 0 Å². The first-order valence-corrected chi connectivity index (χ1v) is 8.47. The van der Waals surface area contributed by atoms with Crippen LogP contribution in [0.2, 0.25) is 0 Å². The minimum Gasteiger partial charge on any atom is -0.315 e. The number of sulfonamides is 1. The summed E-state index contributed by atoms with van der Waals surface area (Å²) in [5.74, 6) is 0. The first-order chi connectivity index (χ1) is 8.47.